The molecule has 0 N–H and O–H groups in total. The lowest BCUT2D eigenvalue weighted by Gasteiger charge is -2.35. The van der Waals surface area contributed by atoms with Crippen molar-refractivity contribution in [2.75, 3.05) is 13.1 Å². The molecule has 1 saturated heterocycles. The highest BCUT2D eigenvalue weighted by atomic mass is 16.2. The van der Waals surface area contributed by atoms with Gasteiger partial charge < -0.3 is 4.90 Å². The smallest absolute Gasteiger partial charge is 0.261 e. The molecule has 5 nitrogen and oxygen atoms in total. The first-order valence-corrected chi connectivity index (χ1v) is 7.92. The Morgan fingerprint density at radius 2 is 1.45 bits per heavy atom. The molecule has 0 spiro atoms. The Morgan fingerprint density at radius 3 is 1.95 bits per heavy atom. The zero-order chi connectivity index (χ0) is 15.3. The lowest BCUT2D eigenvalue weighted by molar-refractivity contribution is -0.133. The first kappa shape index (κ1) is 13.5. The summed E-state index contributed by atoms with van der Waals surface area (Å²) in [5, 5.41) is 0. The molecule has 2 heterocycles. The average Bonchev–Trinajstić information content (AvgIpc) is 3.36. The summed E-state index contributed by atoms with van der Waals surface area (Å²) in [5.74, 6) is 0.108. The number of hydrogen-bond acceptors (Lipinski definition) is 3. The zero-order valence-electron chi connectivity index (χ0n) is 12.3. The number of imide groups is 1. The van der Waals surface area contributed by atoms with Crippen molar-refractivity contribution in [3.63, 3.8) is 0 Å². The van der Waals surface area contributed by atoms with E-state index < -0.39 is 0 Å². The number of likely N-dealkylation sites (tertiary alicyclic amines) is 1. The highest BCUT2D eigenvalue weighted by molar-refractivity contribution is 6.21. The Bertz CT molecular complexity index is 623. The number of carbonyl (C=O) groups excluding carboxylic acids is 3. The molecule has 1 aromatic rings. The lowest BCUT2D eigenvalue weighted by atomic mass is 10.0. The Balaban J connectivity index is 1.47. The van der Waals surface area contributed by atoms with Crippen LogP contribution in [-0.4, -0.2) is 46.7 Å². The van der Waals surface area contributed by atoms with E-state index >= 15 is 0 Å². The molecule has 0 unspecified atom stereocenters. The van der Waals surface area contributed by atoms with Crippen LogP contribution in [0.15, 0.2) is 24.3 Å². The lowest BCUT2D eigenvalue weighted by Crippen LogP contribution is -2.49. The number of amides is 3. The standard InChI is InChI=1S/C17H18N2O3/c20-15(11-5-6-11)18-9-7-12(8-10-18)19-16(21)13-3-1-2-4-14(13)17(19)22/h1-4,11-12H,5-10H2. The minimum atomic E-state index is -0.187. The molecule has 114 valence electrons. The second-order valence-electron chi connectivity index (χ2n) is 6.36. The van der Waals surface area contributed by atoms with Gasteiger partial charge in [0.1, 0.15) is 0 Å². The predicted molar refractivity (Wildman–Crippen MR) is 79.3 cm³/mol. The number of nitrogens with zero attached hydrogens (tertiary/aromatic N) is 2. The van der Waals surface area contributed by atoms with Crippen molar-refractivity contribution in [2.45, 2.75) is 31.7 Å². The fourth-order valence-corrected chi connectivity index (χ4v) is 3.47. The van der Waals surface area contributed by atoms with Gasteiger partial charge >= 0.3 is 0 Å². The molecule has 3 amide bonds. The molecule has 0 bridgehead atoms. The molecule has 1 saturated carbocycles. The van der Waals surface area contributed by atoms with Crippen molar-refractivity contribution in [1.29, 1.82) is 0 Å². The van der Waals surface area contributed by atoms with Crippen LogP contribution in [0.4, 0.5) is 0 Å². The minimum Gasteiger partial charge on any atom is -0.342 e. The first-order valence-electron chi connectivity index (χ1n) is 7.92. The van der Waals surface area contributed by atoms with Gasteiger partial charge in [0.15, 0.2) is 0 Å². The van der Waals surface area contributed by atoms with Crippen LogP contribution in [0.3, 0.4) is 0 Å². The van der Waals surface area contributed by atoms with Crippen molar-refractivity contribution in [3.8, 4) is 0 Å². The second-order valence-corrected chi connectivity index (χ2v) is 6.36. The summed E-state index contributed by atoms with van der Waals surface area (Å²) in [4.78, 5) is 40.3. The monoisotopic (exact) mass is 298 g/mol. The van der Waals surface area contributed by atoms with Crippen molar-refractivity contribution >= 4 is 17.7 Å². The number of hydrogen-bond donors (Lipinski definition) is 0. The van der Waals surface area contributed by atoms with E-state index in [-0.39, 0.29) is 29.7 Å². The van der Waals surface area contributed by atoms with E-state index in [0.29, 0.717) is 37.1 Å². The molecule has 1 aromatic carbocycles. The molecular weight excluding hydrogens is 280 g/mol. The Morgan fingerprint density at radius 1 is 0.909 bits per heavy atom. The Kier molecular flexibility index (Phi) is 3.03. The van der Waals surface area contributed by atoms with Crippen LogP contribution >= 0.6 is 0 Å². The Labute approximate surface area is 128 Å². The summed E-state index contributed by atoms with van der Waals surface area (Å²) in [6, 6.07) is 6.90. The van der Waals surface area contributed by atoms with Gasteiger partial charge in [0.05, 0.1) is 11.1 Å². The van der Waals surface area contributed by atoms with Crippen LogP contribution in [0, 0.1) is 5.92 Å². The van der Waals surface area contributed by atoms with Gasteiger partial charge in [-0.3, -0.25) is 19.3 Å². The summed E-state index contributed by atoms with van der Waals surface area (Å²) in [6.45, 7) is 1.29. The number of benzene rings is 1. The molecule has 0 radical (unpaired) electrons. The maximum absolute atomic E-state index is 12.5. The molecule has 2 fully saturated rings. The van der Waals surface area contributed by atoms with E-state index in [4.69, 9.17) is 0 Å². The van der Waals surface area contributed by atoms with Crippen LogP contribution in [0.2, 0.25) is 0 Å². The quantitative estimate of drug-likeness (QED) is 0.781. The van der Waals surface area contributed by atoms with E-state index in [2.05, 4.69) is 0 Å². The SMILES string of the molecule is O=C(C1CC1)N1CCC(N2C(=O)c3ccccc3C2=O)CC1. The fraction of sp³-hybridized carbons (Fsp3) is 0.471. The number of fused-ring (bicyclic) bond motifs is 1. The number of piperidine rings is 1. The predicted octanol–water partition coefficient (Wildman–Crippen LogP) is 1.68. The van der Waals surface area contributed by atoms with Gasteiger partial charge in [-0.15, -0.1) is 0 Å². The van der Waals surface area contributed by atoms with Crippen LogP contribution in [0.25, 0.3) is 0 Å². The minimum absolute atomic E-state index is 0.0874. The van der Waals surface area contributed by atoms with Crippen LogP contribution < -0.4 is 0 Å². The molecule has 2 aliphatic heterocycles. The van der Waals surface area contributed by atoms with Gasteiger partial charge in [0, 0.05) is 25.0 Å². The molecule has 22 heavy (non-hydrogen) atoms. The largest absolute Gasteiger partial charge is 0.342 e. The van der Waals surface area contributed by atoms with Gasteiger partial charge in [0.25, 0.3) is 11.8 Å². The molecule has 4 rings (SSSR count). The van der Waals surface area contributed by atoms with Gasteiger partial charge in [-0.2, -0.15) is 0 Å². The van der Waals surface area contributed by atoms with Gasteiger partial charge in [-0.05, 0) is 37.8 Å². The van der Waals surface area contributed by atoms with Crippen molar-refractivity contribution in [2.24, 2.45) is 5.92 Å². The maximum Gasteiger partial charge on any atom is 0.261 e. The summed E-state index contributed by atoms with van der Waals surface area (Å²) < 4.78 is 0. The van der Waals surface area contributed by atoms with Crippen molar-refractivity contribution in [1.82, 2.24) is 9.80 Å². The van der Waals surface area contributed by atoms with Crippen LogP contribution in [0.5, 0.6) is 0 Å². The molecule has 0 atom stereocenters. The van der Waals surface area contributed by atoms with E-state index in [1.807, 2.05) is 4.90 Å². The van der Waals surface area contributed by atoms with Gasteiger partial charge in [-0.1, -0.05) is 12.1 Å². The van der Waals surface area contributed by atoms with Gasteiger partial charge in [0.2, 0.25) is 5.91 Å². The highest BCUT2D eigenvalue weighted by Crippen LogP contribution is 2.33. The van der Waals surface area contributed by atoms with Crippen LogP contribution in [-0.2, 0) is 4.79 Å². The topological polar surface area (TPSA) is 57.7 Å². The third kappa shape index (κ3) is 2.03. The van der Waals surface area contributed by atoms with Gasteiger partial charge in [-0.25, -0.2) is 0 Å². The third-order valence-corrected chi connectivity index (χ3v) is 4.89. The summed E-state index contributed by atoms with van der Waals surface area (Å²) in [5.41, 5.74) is 1.01. The first-order chi connectivity index (χ1) is 10.7. The Hall–Kier alpha value is -2.17. The van der Waals surface area contributed by atoms with E-state index in [1.54, 1.807) is 24.3 Å². The number of carbonyl (C=O) groups is 3. The summed E-state index contributed by atoms with van der Waals surface area (Å²) >= 11 is 0. The van der Waals surface area contributed by atoms with E-state index in [9.17, 15) is 14.4 Å². The number of rotatable bonds is 2. The summed E-state index contributed by atoms with van der Waals surface area (Å²) in [7, 11) is 0. The van der Waals surface area contributed by atoms with E-state index in [0.717, 1.165) is 12.8 Å². The molecule has 1 aliphatic carbocycles. The van der Waals surface area contributed by atoms with Crippen molar-refractivity contribution < 1.29 is 14.4 Å². The average molecular weight is 298 g/mol. The van der Waals surface area contributed by atoms with Crippen molar-refractivity contribution in [3.05, 3.63) is 35.4 Å². The molecule has 3 aliphatic rings. The maximum atomic E-state index is 12.5. The van der Waals surface area contributed by atoms with Crippen LogP contribution in [0.1, 0.15) is 46.4 Å². The molecular formula is C17H18N2O3. The normalized spacial score (nSPS) is 22.2. The molecule has 0 aromatic heterocycles. The highest BCUT2D eigenvalue weighted by Gasteiger charge is 2.42. The zero-order valence-corrected chi connectivity index (χ0v) is 12.3. The third-order valence-electron chi connectivity index (χ3n) is 4.89. The fourth-order valence-electron chi connectivity index (χ4n) is 3.47. The van der Waals surface area contributed by atoms with E-state index in [1.165, 1.54) is 4.90 Å². The molecule has 5 heteroatoms. The summed E-state index contributed by atoms with van der Waals surface area (Å²) in [6.07, 6.45) is 3.39. The second kappa shape index (κ2) is 4.93.